The van der Waals surface area contributed by atoms with Crippen molar-refractivity contribution in [1.82, 2.24) is 10.3 Å². The molecule has 178 valence electrons. The number of carbonyl (C=O) groups excluding carboxylic acids is 1. The predicted molar refractivity (Wildman–Crippen MR) is 147 cm³/mol. The Bertz CT molecular complexity index is 1610. The Morgan fingerprint density at radius 3 is 2.61 bits per heavy atom. The van der Waals surface area contributed by atoms with Crippen molar-refractivity contribution < 1.29 is 13.6 Å². The molecule has 0 aliphatic rings. The summed E-state index contributed by atoms with van der Waals surface area (Å²) in [4.78, 5) is 16.9. The Labute approximate surface area is 221 Å². The molecule has 0 atom stereocenters. The molecule has 3 aromatic carbocycles. The molecule has 5 rings (SSSR count). The Morgan fingerprint density at radius 2 is 1.78 bits per heavy atom. The smallest absolute Gasteiger partial charge is 0.250 e. The minimum Gasteiger partial charge on any atom is -0.457 e. The molecule has 2 aromatic heterocycles. The van der Waals surface area contributed by atoms with Crippen LogP contribution in [0.15, 0.2) is 93.8 Å². The van der Waals surface area contributed by atoms with Gasteiger partial charge in [-0.05, 0) is 72.9 Å². The lowest BCUT2D eigenvalue weighted by atomic mass is 10.2. The van der Waals surface area contributed by atoms with E-state index in [-0.39, 0.29) is 5.11 Å². The molecule has 9 heteroatoms. The van der Waals surface area contributed by atoms with Gasteiger partial charge in [-0.2, -0.15) is 0 Å². The van der Waals surface area contributed by atoms with E-state index >= 15 is 0 Å². The predicted octanol–water partition coefficient (Wildman–Crippen LogP) is 7.59. The Balaban J connectivity index is 1.21. The molecule has 0 aliphatic heterocycles. The Hall–Kier alpha value is -3.91. The molecule has 0 aliphatic carbocycles. The summed E-state index contributed by atoms with van der Waals surface area (Å²) < 4.78 is 11.6. The fourth-order valence-electron chi connectivity index (χ4n) is 3.46. The zero-order valence-electron chi connectivity index (χ0n) is 18.5. The Kier molecular flexibility index (Phi) is 6.86. The SMILES string of the molecule is O=C(C=Cc1ccc(-c2cccc(Cl)c2Cl)o1)NC(=S)Nc1ccc2oc(-c3ccccc3)nc2c1. The summed E-state index contributed by atoms with van der Waals surface area (Å²) in [7, 11) is 0. The number of furan rings is 1. The van der Waals surface area contributed by atoms with Gasteiger partial charge in [-0.25, -0.2) is 4.98 Å². The maximum Gasteiger partial charge on any atom is 0.250 e. The monoisotopic (exact) mass is 533 g/mol. The highest BCUT2D eigenvalue weighted by Gasteiger charge is 2.11. The van der Waals surface area contributed by atoms with Crippen LogP contribution in [-0.4, -0.2) is 16.0 Å². The number of fused-ring (bicyclic) bond motifs is 1. The standard InChI is InChI=1S/C27H17Cl2N3O3S/c28-20-8-4-7-19(25(20)29)22-13-10-18(34-22)11-14-24(33)32-27(36)30-17-9-12-23-21(15-17)31-26(35-23)16-5-2-1-3-6-16/h1-15H,(H2,30,32,33,36). The fraction of sp³-hybridized carbons (Fsp3) is 0. The van der Waals surface area contributed by atoms with Gasteiger partial charge in [0, 0.05) is 22.9 Å². The van der Waals surface area contributed by atoms with Crippen LogP contribution in [-0.2, 0) is 4.79 Å². The van der Waals surface area contributed by atoms with Gasteiger partial charge in [-0.1, -0.05) is 47.5 Å². The summed E-state index contributed by atoms with van der Waals surface area (Å²) in [5.41, 5.74) is 3.53. The lowest BCUT2D eigenvalue weighted by Gasteiger charge is -2.07. The van der Waals surface area contributed by atoms with E-state index in [9.17, 15) is 4.79 Å². The second kappa shape index (κ2) is 10.4. The summed E-state index contributed by atoms with van der Waals surface area (Å²) in [6.45, 7) is 0. The third-order valence-corrected chi connectivity index (χ3v) is 6.17. The largest absolute Gasteiger partial charge is 0.457 e. The topological polar surface area (TPSA) is 80.3 Å². The first-order chi connectivity index (χ1) is 17.5. The van der Waals surface area contributed by atoms with Crippen LogP contribution in [0.4, 0.5) is 5.69 Å². The summed E-state index contributed by atoms with van der Waals surface area (Å²) in [6, 6.07) is 23.8. The van der Waals surface area contributed by atoms with E-state index in [1.165, 1.54) is 12.2 Å². The summed E-state index contributed by atoms with van der Waals surface area (Å²) in [5.74, 6) is 1.13. The van der Waals surface area contributed by atoms with Crippen molar-refractivity contribution in [3.8, 4) is 22.8 Å². The third-order valence-electron chi connectivity index (χ3n) is 5.15. The van der Waals surface area contributed by atoms with Gasteiger partial charge in [-0.15, -0.1) is 0 Å². The second-order valence-corrected chi connectivity index (χ2v) is 8.84. The van der Waals surface area contributed by atoms with Gasteiger partial charge in [0.05, 0.1) is 10.0 Å². The molecule has 0 saturated heterocycles. The quantitative estimate of drug-likeness (QED) is 0.179. The lowest BCUT2D eigenvalue weighted by molar-refractivity contribution is -0.115. The molecule has 0 saturated carbocycles. The fourth-order valence-corrected chi connectivity index (χ4v) is 4.08. The van der Waals surface area contributed by atoms with Crippen LogP contribution in [0.1, 0.15) is 5.76 Å². The molecule has 0 fully saturated rings. The number of carbonyl (C=O) groups is 1. The number of hydrogen-bond acceptors (Lipinski definition) is 5. The number of aromatic nitrogens is 1. The zero-order chi connectivity index (χ0) is 25.1. The van der Waals surface area contributed by atoms with Crippen LogP contribution < -0.4 is 10.6 Å². The van der Waals surface area contributed by atoms with Crippen molar-refractivity contribution in [2.75, 3.05) is 5.32 Å². The highest BCUT2D eigenvalue weighted by atomic mass is 35.5. The van der Waals surface area contributed by atoms with Crippen molar-refractivity contribution in [3.05, 3.63) is 101 Å². The molecule has 0 unspecified atom stereocenters. The molecule has 0 spiro atoms. The molecule has 36 heavy (non-hydrogen) atoms. The van der Waals surface area contributed by atoms with E-state index in [0.29, 0.717) is 49.8 Å². The van der Waals surface area contributed by atoms with Crippen molar-refractivity contribution >= 4 is 69.3 Å². The molecular formula is C27H17Cl2N3O3S. The van der Waals surface area contributed by atoms with Crippen molar-refractivity contribution in [1.29, 1.82) is 0 Å². The Morgan fingerprint density at radius 1 is 0.944 bits per heavy atom. The summed E-state index contributed by atoms with van der Waals surface area (Å²) in [5, 5.41) is 6.56. The second-order valence-electron chi connectivity index (χ2n) is 7.65. The molecule has 6 nitrogen and oxygen atoms in total. The van der Waals surface area contributed by atoms with Crippen LogP contribution in [0.2, 0.25) is 10.0 Å². The first-order valence-electron chi connectivity index (χ1n) is 10.8. The van der Waals surface area contributed by atoms with Gasteiger partial charge < -0.3 is 14.2 Å². The summed E-state index contributed by atoms with van der Waals surface area (Å²) in [6.07, 6.45) is 2.86. The first kappa shape index (κ1) is 23.8. The molecule has 2 heterocycles. The van der Waals surface area contributed by atoms with Gasteiger partial charge in [0.1, 0.15) is 17.0 Å². The number of rotatable bonds is 5. The van der Waals surface area contributed by atoms with E-state index in [1.54, 1.807) is 48.5 Å². The number of thiocarbonyl (C=S) groups is 1. The van der Waals surface area contributed by atoms with E-state index in [1.807, 2.05) is 30.3 Å². The number of amides is 1. The van der Waals surface area contributed by atoms with Crippen molar-refractivity contribution in [2.45, 2.75) is 0 Å². The highest BCUT2D eigenvalue weighted by Crippen LogP contribution is 2.34. The number of anilines is 1. The number of hydrogen-bond donors (Lipinski definition) is 2. The molecule has 0 bridgehead atoms. The average molecular weight is 534 g/mol. The average Bonchev–Trinajstić information content (AvgIpc) is 3.52. The van der Waals surface area contributed by atoms with E-state index in [2.05, 4.69) is 15.6 Å². The van der Waals surface area contributed by atoms with Crippen molar-refractivity contribution in [2.24, 2.45) is 0 Å². The number of halogens is 2. The summed E-state index contributed by atoms with van der Waals surface area (Å²) >= 11 is 17.6. The highest BCUT2D eigenvalue weighted by molar-refractivity contribution is 7.80. The van der Waals surface area contributed by atoms with E-state index < -0.39 is 5.91 Å². The van der Waals surface area contributed by atoms with Gasteiger partial charge in [0.15, 0.2) is 10.7 Å². The molecule has 2 N–H and O–H groups in total. The molecular weight excluding hydrogens is 517 g/mol. The molecule has 5 aromatic rings. The maximum atomic E-state index is 12.3. The number of benzene rings is 3. The van der Waals surface area contributed by atoms with Crippen LogP contribution in [0, 0.1) is 0 Å². The number of oxazole rings is 1. The maximum absolute atomic E-state index is 12.3. The van der Waals surface area contributed by atoms with Crippen LogP contribution >= 0.6 is 35.4 Å². The first-order valence-corrected chi connectivity index (χ1v) is 11.9. The minimum atomic E-state index is -0.417. The van der Waals surface area contributed by atoms with E-state index in [4.69, 9.17) is 44.3 Å². The molecule has 1 amide bonds. The van der Waals surface area contributed by atoms with Gasteiger partial charge >= 0.3 is 0 Å². The van der Waals surface area contributed by atoms with Crippen LogP contribution in [0.25, 0.3) is 40.0 Å². The van der Waals surface area contributed by atoms with Gasteiger partial charge in [0.2, 0.25) is 11.8 Å². The number of nitrogens with one attached hydrogen (secondary N) is 2. The number of nitrogens with zero attached hydrogens (tertiary/aromatic N) is 1. The van der Waals surface area contributed by atoms with Gasteiger partial charge in [0.25, 0.3) is 0 Å². The minimum absolute atomic E-state index is 0.140. The van der Waals surface area contributed by atoms with E-state index in [0.717, 1.165) is 5.56 Å². The zero-order valence-corrected chi connectivity index (χ0v) is 20.8. The normalized spacial score (nSPS) is 11.2. The van der Waals surface area contributed by atoms with Gasteiger partial charge in [-0.3, -0.25) is 10.1 Å². The lowest BCUT2D eigenvalue weighted by Crippen LogP contribution is -2.32. The third kappa shape index (κ3) is 5.33. The van der Waals surface area contributed by atoms with Crippen LogP contribution in [0.3, 0.4) is 0 Å². The molecule has 0 radical (unpaired) electrons. The van der Waals surface area contributed by atoms with Crippen LogP contribution in [0.5, 0.6) is 0 Å². The van der Waals surface area contributed by atoms with Crippen molar-refractivity contribution in [3.63, 3.8) is 0 Å².